The number of rotatable bonds is 6. The van der Waals surface area contributed by atoms with Crippen LogP contribution in [-0.2, 0) is 4.79 Å². The maximum atomic E-state index is 12.1. The maximum absolute atomic E-state index is 12.1. The molecule has 1 aliphatic rings. The fourth-order valence-electron chi connectivity index (χ4n) is 2.76. The summed E-state index contributed by atoms with van der Waals surface area (Å²) >= 11 is 0. The van der Waals surface area contributed by atoms with E-state index >= 15 is 0 Å². The van der Waals surface area contributed by atoms with Gasteiger partial charge in [-0.25, -0.2) is 0 Å². The fraction of sp³-hybridized carbons (Fsp3) is 0.588. The van der Waals surface area contributed by atoms with Crippen LogP contribution in [0.2, 0.25) is 0 Å². The van der Waals surface area contributed by atoms with E-state index in [-0.39, 0.29) is 11.9 Å². The van der Waals surface area contributed by atoms with E-state index in [1.807, 2.05) is 17.0 Å². The lowest BCUT2D eigenvalue weighted by atomic mass is 10.0. The number of nitrogens with two attached hydrogens (primary N) is 1. The van der Waals surface area contributed by atoms with Gasteiger partial charge in [0, 0.05) is 19.1 Å². The van der Waals surface area contributed by atoms with Crippen molar-refractivity contribution in [2.24, 2.45) is 5.73 Å². The molecule has 0 saturated carbocycles. The summed E-state index contributed by atoms with van der Waals surface area (Å²) in [5.41, 5.74) is 6.99. The number of amides is 1. The molecule has 1 fully saturated rings. The third-order valence-electron chi connectivity index (χ3n) is 4.10. The van der Waals surface area contributed by atoms with Crippen LogP contribution in [0.3, 0.4) is 0 Å². The van der Waals surface area contributed by atoms with Gasteiger partial charge in [0.15, 0.2) is 0 Å². The Morgan fingerprint density at radius 3 is 2.71 bits per heavy atom. The molecule has 4 nitrogen and oxygen atoms in total. The number of carbonyl (C=O) groups is 1. The van der Waals surface area contributed by atoms with Gasteiger partial charge in [0.25, 0.3) is 0 Å². The van der Waals surface area contributed by atoms with Crippen LogP contribution >= 0.6 is 0 Å². The van der Waals surface area contributed by atoms with Crippen molar-refractivity contribution in [1.29, 1.82) is 0 Å². The van der Waals surface area contributed by atoms with Crippen LogP contribution in [0.25, 0.3) is 0 Å². The fourth-order valence-corrected chi connectivity index (χ4v) is 2.76. The van der Waals surface area contributed by atoms with Gasteiger partial charge >= 0.3 is 0 Å². The molecule has 2 N–H and O–H groups in total. The number of likely N-dealkylation sites (tertiary alicyclic amines) is 1. The first-order valence-electron chi connectivity index (χ1n) is 7.84. The smallest absolute Gasteiger partial charge is 0.226 e. The maximum Gasteiger partial charge on any atom is 0.226 e. The lowest BCUT2D eigenvalue weighted by Crippen LogP contribution is -2.40. The Hall–Kier alpha value is -1.55. The van der Waals surface area contributed by atoms with Gasteiger partial charge in [-0.3, -0.25) is 4.79 Å². The molecule has 0 bridgehead atoms. The van der Waals surface area contributed by atoms with Crippen molar-refractivity contribution in [3.05, 3.63) is 29.8 Å². The molecule has 1 amide bonds. The highest BCUT2D eigenvalue weighted by atomic mass is 16.5. The van der Waals surface area contributed by atoms with Gasteiger partial charge in [-0.05, 0) is 36.5 Å². The molecule has 1 atom stereocenters. The molecule has 4 heteroatoms. The minimum Gasteiger partial charge on any atom is -0.493 e. The monoisotopic (exact) mass is 290 g/mol. The molecule has 1 aromatic rings. The normalized spacial score (nSPS) is 18.3. The van der Waals surface area contributed by atoms with Crippen molar-refractivity contribution in [1.82, 2.24) is 4.90 Å². The van der Waals surface area contributed by atoms with E-state index in [9.17, 15) is 4.79 Å². The van der Waals surface area contributed by atoms with Crippen molar-refractivity contribution in [2.45, 2.75) is 45.1 Å². The standard InChI is InChI=1S/C17H26N2O2/c1-13(2)14-5-7-16(8-6-14)21-11-9-17(20)19-10-3-4-15(19)12-18/h5-8,13,15H,3-4,9-12,18H2,1-2H3. The summed E-state index contributed by atoms with van der Waals surface area (Å²) in [6.45, 7) is 6.15. The SMILES string of the molecule is CC(C)c1ccc(OCCC(=O)N2CCCC2CN)cc1. The Kier molecular flexibility index (Phi) is 5.62. The highest BCUT2D eigenvalue weighted by Gasteiger charge is 2.26. The average Bonchev–Trinajstić information content (AvgIpc) is 2.96. The minimum absolute atomic E-state index is 0.154. The predicted octanol–water partition coefficient (Wildman–Crippen LogP) is 2.53. The highest BCUT2D eigenvalue weighted by Crippen LogP contribution is 2.20. The Labute approximate surface area is 127 Å². The van der Waals surface area contributed by atoms with E-state index in [1.54, 1.807) is 0 Å². The number of hydrogen-bond acceptors (Lipinski definition) is 3. The van der Waals surface area contributed by atoms with E-state index in [4.69, 9.17) is 10.5 Å². The van der Waals surface area contributed by atoms with Crippen molar-refractivity contribution in [2.75, 3.05) is 19.7 Å². The van der Waals surface area contributed by atoms with Gasteiger partial charge in [0.05, 0.1) is 13.0 Å². The van der Waals surface area contributed by atoms with E-state index in [1.165, 1.54) is 5.56 Å². The third-order valence-corrected chi connectivity index (χ3v) is 4.10. The Bertz CT molecular complexity index is 456. The Balaban J connectivity index is 1.77. The minimum atomic E-state index is 0.154. The zero-order chi connectivity index (χ0) is 15.2. The van der Waals surface area contributed by atoms with E-state index in [0.29, 0.717) is 25.5 Å². The lowest BCUT2D eigenvalue weighted by Gasteiger charge is -2.23. The number of carbonyl (C=O) groups excluding carboxylic acids is 1. The summed E-state index contributed by atoms with van der Waals surface area (Å²) in [6.07, 6.45) is 2.51. The molecular formula is C17H26N2O2. The van der Waals surface area contributed by atoms with Crippen LogP contribution in [0.1, 0.15) is 44.6 Å². The molecule has 1 aromatic carbocycles. The highest BCUT2D eigenvalue weighted by molar-refractivity contribution is 5.77. The van der Waals surface area contributed by atoms with Crippen LogP contribution in [0.4, 0.5) is 0 Å². The van der Waals surface area contributed by atoms with Crippen LogP contribution in [0, 0.1) is 0 Å². The number of ether oxygens (including phenoxy) is 1. The Morgan fingerprint density at radius 1 is 1.38 bits per heavy atom. The molecular weight excluding hydrogens is 264 g/mol. The Morgan fingerprint density at radius 2 is 2.10 bits per heavy atom. The summed E-state index contributed by atoms with van der Waals surface area (Å²) < 4.78 is 5.66. The first-order valence-corrected chi connectivity index (χ1v) is 7.84. The summed E-state index contributed by atoms with van der Waals surface area (Å²) in [5, 5.41) is 0. The van der Waals surface area contributed by atoms with Crippen LogP contribution < -0.4 is 10.5 Å². The molecule has 1 aliphatic heterocycles. The molecule has 1 heterocycles. The van der Waals surface area contributed by atoms with Gasteiger partial charge in [-0.15, -0.1) is 0 Å². The summed E-state index contributed by atoms with van der Waals surface area (Å²) in [7, 11) is 0. The van der Waals surface area contributed by atoms with Gasteiger partial charge in [-0.2, -0.15) is 0 Å². The van der Waals surface area contributed by atoms with Gasteiger partial charge in [0.2, 0.25) is 5.91 Å². The van der Waals surface area contributed by atoms with E-state index < -0.39 is 0 Å². The zero-order valence-corrected chi connectivity index (χ0v) is 13.0. The summed E-state index contributed by atoms with van der Waals surface area (Å²) in [6, 6.07) is 8.32. The van der Waals surface area contributed by atoms with Crippen LogP contribution in [-0.4, -0.2) is 36.5 Å². The number of nitrogens with zero attached hydrogens (tertiary/aromatic N) is 1. The second kappa shape index (κ2) is 7.46. The van der Waals surface area contributed by atoms with Gasteiger partial charge in [0.1, 0.15) is 5.75 Å². The first kappa shape index (κ1) is 15.8. The van der Waals surface area contributed by atoms with Crippen molar-refractivity contribution >= 4 is 5.91 Å². The van der Waals surface area contributed by atoms with Crippen molar-refractivity contribution < 1.29 is 9.53 Å². The molecule has 1 saturated heterocycles. The van der Waals surface area contributed by atoms with E-state index in [2.05, 4.69) is 26.0 Å². The second-order valence-corrected chi connectivity index (χ2v) is 5.94. The molecule has 1 unspecified atom stereocenters. The van der Waals surface area contributed by atoms with Crippen molar-refractivity contribution in [3.8, 4) is 5.75 Å². The first-order chi connectivity index (χ1) is 10.1. The lowest BCUT2D eigenvalue weighted by molar-refractivity contribution is -0.132. The molecule has 21 heavy (non-hydrogen) atoms. The second-order valence-electron chi connectivity index (χ2n) is 5.94. The summed E-state index contributed by atoms with van der Waals surface area (Å²) in [5.74, 6) is 1.50. The van der Waals surface area contributed by atoms with Gasteiger partial charge in [-0.1, -0.05) is 26.0 Å². The molecule has 2 rings (SSSR count). The topological polar surface area (TPSA) is 55.6 Å². The van der Waals surface area contributed by atoms with E-state index in [0.717, 1.165) is 25.1 Å². The average molecular weight is 290 g/mol. The number of benzene rings is 1. The molecule has 116 valence electrons. The predicted molar refractivity (Wildman–Crippen MR) is 84.4 cm³/mol. The third kappa shape index (κ3) is 4.21. The largest absolute Gasteiger partial charge is 0.493 e. The zero-order valence-electron chi connectivity index (χ0n) is 13.0. The quantitative estimate of drug-likeness (QED) is 0.876. The van der Waals surface area contributed by atoms with Gasteiger partial charge < -0.3 is 15.4 Å². The van der Waals surface area contributed by atoms with Crippen LogP contribution in [0.15, 0.2) is 24.3 Å². The molecule has 0 aliphatic carbocycles. The molecule has 0 spiro atoms. The number of hydrogen-bond donors (Lipinski definition) is 1. The molecule has 0 aromatic heterocycles. The van der Waals surface area contributed by atoms with Crippen LogP contribution in [0.5, 0.6) is 5.75 Å². The summed E-state index contributed by atoms with van der Waals surface area (Å²) in [4.78, 5) is 14.0. The van der Waals surface area contributed by atoms with Crippen molar-refractivity contribution in [3.63, 3.8) is 0 Å². The molecule has 0 radical (unpaired) electrons.